The zero-order valence-electron chi connectivity index (χ0n) is 9.23. The van der Waals surface area contributed by atoms with E-state index in [9.17, 15) is 0 Å². The summed E-state index contributed by atoms with van der Waals surface area (Å²) in [7, 11) is 0. The van der Waals surface area contributed by atoms with Crippen LogP contribution in [0.1, 0.15) is 55.9 Å². The van der Waals surface area contributed by atoms with Crippen molar-refractivity contribution < 1.29 is 4.74 Å². The molecule has 0 spiro atoms. The van der Waals surface area contributed by atoms with Crippen LogP contribution in [0.4, 0.5) is 0 Å². The standard InChI is InChI=1S/C11H16BrN3O/c12-7-10-13-14-11(15(10)8-4-5-8)9-3-1-2-6-16-9/h8-9H,1-7H2. The van der Waals surface area contributed by atoms with Crippen LogP contribution < -0.4 is 0 Å². The molecule has 0 N–H and O–H groups in total. The van der Waals surface area contributed by atoms with E-state index in [0.717, 1.165) is 30.0 Å². The number of hydrogen-bond donors (Lipinski definition) is 0. The molecular formula is C11H16BrN3O. The van der Waals surface area contributed by atoms with Gasteiger partial charge in [0.05, 0.1) is 5.33 Å². The highest BCUT2D eigenvalue weighted by molar-refractivity contribution is 9.08. The van der Waals surface area contributed by atoms with Gasteiger partial charge in [0, 0.05) is 12.6 Å². The summed E-state index contributed by atoms with van der Waals surface area (Å²) in [4.78, 5) is 0. The molecule has 1 aliphatic heterocycles. The van der Waals surface area contributed by atoms with Gasteiger partial charge in [-0.1, -0.05) is 15.9 Å². The van der Waals surface area contributed by atoms with E-state index in [-0.39, 0.29) is 6.10 Å². The Balaban J connectivity index is 1.89. The molecule has 1 unspecified atom stereocenters. The van der Waals surface area contributed by atoms with E-state index in [1.165, 1.54) is 25.7 Å². The van der Waals surface area contributed by atoms with Crippen molar-refractivity contribution >= 4 is 15.9 Å². The lowest BCUT2D eigenvalue weighted by atomic mass is 10.1. The molecule has 1 aliphatic carbocycles. The summed E-state index contributed by atoms with van der Waals surface area (Å²) in [6.45, 7) is 0.867. The molecule has 0 amide bonds. The molecule has 4 nitrogen and oxygen atoms in total. The van der Waals surface area contributed by atoms with Crippen LogP contribution in [0.5, 0.6) is 0 Å². The minimum Gasteiger partial charge on any atom is -0.370 e. The van der Waals surface area contributed by atoms with E-state index in [1.807, 2.05) is 0 Å². The van der Waals surface area contributed by atoms with Gasteiger partial charge in [-0.2, -0.15) is 0 Å². The van der Waals surface area contributed by atoms with Crippen molar-refractivity contribution in [3.63, 3.8) is 0 Å². The Morgan fingerprint density at radius 3 is 2.75 bits per heavy atom. The molecule has 1 atom stereocenters. The SMILES string of the molecule is BrCc1nnc(C2CCCCO2)n1C1CC1. The molecular weight excluding hydrogens is 270 g/mol. The van der Waals surface area contributed by atoms with E-state index < -0.39 is 0 Å². The molecule has 1 saturated carbocycles. The van der Waals surface area contributed by atoms with E-state index in [2.05, 4.69) is 30.7 Å². The lowest BCUT2D eigenvalue weighted by Crippen LogP contribution is -2.17. The van der Waals surface area contributed by atoms with Gasteiger partial charge in [0.1, 0.15) is 11.9 Å². The van der Waals surface area contributed by atoms with Crippen molar-refractivity contribution in [2.45, 2.75) is 49.6 Å². The number of aromatic nitrogens is 3. The molecule has 0 aromatic carbocycles. The molecule has 3 rings (SSSR count). The first-order valence-electron chi connectivity index (χ1n) is 6.01. The van der Waals surface area contributed by atoms with Gasteiger partial charge in [-0.25, -0.2) is 0 Å². The Hall–Kier alpha value is -0.420. The normalized spacial score (nSPS) is 25.9. The van der Waals surface area contributed by atoms with Crippen LogP contribution in [-0.2, 0) is 10.1 Å². The van der Waals surface area contributed by atoms with Crippen molar-refractivity contribution in [2.24, 2.45) is 0 Å². The van der Waals surface area contributed by atoms with E-state index >= 15 is 0 Å². The highest BCUT2D eigenvalue weighted by Crippen LogP contribution is 2.39. The molecule has 1 aromatic rings. The summed E-state index contributed by atoms with van der Waals surface area (Å²) in [5, 5.41) is 9.37. The third kappa shape index (κ3) is 1.91. The first-order valence-corrected chi connectivity index (χ1v) is 7.13. The summed E-state index contributed by atoms with van der Waals surface area (Å²) >= 11 is 3.48. The van der Waals surface area contributed by atoms with Gasteiger partial charge in [-0.05, 0) is 32.1 Å². The second-order valence-electron chi connectivity index (χ2n) is 4.56. The van der Waals surface area contributed by atoms with Crippen LogP contribution in [0.3, 0.4) is 0 Å². The molecule has 2 aliphatic rings. The fourth-order valence-corrected chi connectivity index (χ4v) is 2.71. The second-order valence-corrected chi connectivity index (χ2v) is 5.13. The van der Waals surface area contributed by atoms with Crippen molar-refractivity contribution in [1.29, 1.82) is 0 Å². The van der Waals surface area contributed by atoms with Crippen molar-refractivity contribution in [3.8, 4) is 0 Å². The lowest BCUT2D eigenvalue weighted by molar-refractivity contribution is 0.00701. The monoisotopic (exact) mass is 285 g/mol. The minimum absolute atomic E-state index is 0.176. The average molecular weight is 286 g/mol. The van der Waals surface area contributed by atoms with E-state index in [0.29, 0.717) is 6.04 Å². The summed E-state index contributed by atoms with van der Waals surface area (Å²) < 4.78 is 8.10. The van der Waals surface area contributed by atoms with Gasteiger partial charge < -0.3 is 9.30 Å². The number of ether oxygens (including phenoxy) is 1. The second kappa shape index (κ2) is 4.45. The third-order valence-electron chi connectivity index (χ3n) is 3.29. The summed E-state index contributed by atoms with van der Waals surface area (Å²) in [5.41, 5.74) is 0. The third-order valence-corrected chi connectivity index (χ3v) is 3.79. The first-order chi connectivity index (χ1) is 7.90. The zero-order valence-corrected chi connectivity index (χ0v) is 10.8. The van der Waals surface area contributed by atoms with E-state index in [1.54, 1.807) is 0 Å². The number of halogens is 1. The van der Waals surface area contributed by atoms with Crippen molar-refractivity contribution in [3.05, 3.63) is 11.6 Å². The smallest absolute Gasteiger partial charge is 0.162 e. The summed E-state index contributed by atoms with van der Waals surface area (Å²) in [5.74, 6) is 2.10. The molecule has 16 heavy (non-hydrogen) atoms. The first kappa shape index (κ1) is 10.7. The fraction of sp³-hybridized carbons (Fsp3) is 0.818. The summed E-state index contributed by atoms with van der Waals surface area (Å²) in [6, 6.07) is 0.628. The predicted octanol–water partition coefficient (Wildman–Crippen LogP) is 2.75. The van der Waals surface area contributed by atoms with Gasteiger partial charge >= 0.3 is 0 Å². The van der Waals surface area contributed by atoms with Crippen LogP contribution in [-0.4, -0.2) is 21.4 Å². The fourth-order valence-electron chi connectivity index (χ4n) is 2.32. The summed E-state index contributed by atoms with van der Waals surface area (Å²) in [6.07, 6.45) is 6.21. The molecule has 2 fully saturated rings. The maximum Gasteiger partial charge on any atom is 0.162 e. The van der Waals surface area contributed by atoms with Gasteiger partial charge in [0.15, 0.2) is 5.82 Å². The Kier molecular flexibility index (Phi) is 2.98. The number of nitrogens with zero attached hydrogens (tertiary/aromatic N) is 3. The highest BCUT2D eigenvalue weighted by atomic mass is 79.9. The minimum atomic E-state index is 0.176. The van der Waals surface area contributed by atoms with Crippen LogP contribution in [0.2, 0.25) is 0 Å². The Bertz CT molecular complexity index is 369. The van der Waals surface area contributed by atoms with Gasteiger partial charge in [-0.15, -0.1) is 10.2 Å². The average Bonchev–Trinajstić information content (AvgIpc) is 3.09. The molecule has 0 radical (unpaired) electrons. The molecule has 88 valence electrons. The quantitative estimate of drug-likeness (QED) is 0.802. The molecule has 1 aromatic heterocycles. The number of hydrogen-bond acceptors (Lipinski definition) is 3. The lowest BCUT2D eigenvalue weighted by Gasteiger charge is -2.22. The highest BCUT2D eigenvalue weighted by Gasteiger charge is 2.32. The number of alkyl halides is 1. The van der Waals surface area contributed by atoms with Crippen molar-refractivity contribution in [1.82, 2.24) is 14.8 Å². The molecule has 0 bridgehead atoms. The predicted molar refractivity (Wildman–Crippen MR) is 63.5 cm³/mol. The largest absolute Gasteiger partial charge is 0.370 e. The van der Waals surface area contributed by atoms with Crippen molar-refractivity contribution in [2.75, 3.05) is 6.61 Å². The molecule has 5 heteroatoms. The Morgan fingerprint density at radius 2 is 2.12 bits per heavy atom. The van der Waals surface area contributed by atoms with E-state index in [4.69, 9.17) is 4.74 Å². The zero-order chi connectivity index (χ0) is 11.0. The van der Waals surface area contributed by atoms with Crippen LogP contribution in [0.25, 0.3) is 0 Å². The van der Waals surface area contributed by atoms with Gasteiger partial charge in [-0.3, -0.25) is 0 Å². The molecule has 1 saturated heterocycles. The van der Waals surface area contributed by atoms with Gasteiger partial charge in [0.25, 0.3) is 0 Å². The van der Waals surface area contributed by atoms with Crippen LogP contribution in [0.15, 0.2) is 0 Å². The maximum atomic E-state index is 5.80. The van der Waals surface area contributed by atoms with Crippen LogP contribution in [0, 0.1) is 0 Å². The Morgan fingerprint density at radius 1 is 1.25 bits per heavy atom. The van der Waals surface area contributed by atoms with Gasteiger partial charge in [0.2, 0.25) is 0 Å². The number of rotatable bonds is 3. The Labute approximate surface area is 104 Å². The molecule has 2 heterocycles. The maximum absolute atomic E-state index is 5.80. The topological polar surface area (TPSA) is 39.9 Å². The van der Waals surface area contributed by atoms with Crippen LogP contribution >= 0.6 is 15.9 Å².